The first-order chi connectivity index (χ1) is 9.15. The van der Waals surface area contributed by atoms with Crippen molar-refractivity contribution in [3.8, 4) is 0 Å². The van der Waals surface area contributed by atoms with Crippen molar-refractivity contribution in [2.45, 2.75) is 25.9 Å². The molecule has 0 spiro atoms. The lowest BCUT2D eigenvalue weighted by atomic mass is 9.95. The lowest BCUT2D eigenvalue weighted by molar-refractivity contribution is -0.122. The van der Waals surface area contributed by atoms with E-state index in [1.807, 2.05) is 30.3 Å². The Hall–Kier alpha value is -1.39. The molecule has 1 aromatic rings. The van der Waals surface area contributed by atoms with E-state index < -0.39 is 0 Å². The number of likely N-dealkylation sites (tertiary alicyclic amines) is 1. The highest BCUT2D eigenvalue weighted by molar-refractivity contribution is 5.78. The minimum Gasteiger partial charge on any atom is -0.351 e. The lowest BCUT2D eigenvalue weighted by Gasteiger charge is -2.34. The van der Waals surface area contributed by atoms with Gasteiger partial charge < -0.3 is 11.1 Å². The summed E-state index contributed by atoms with van der Waals surface area (Å²) < 4.78 is 0. The third-order valence-electron chi connectivity index (χ3n) is 3.76. The summed E-state index contributed by atoms with van der Waals surface area (Å²) >= 11 is 0. The van der Waals surface area contributed by atoms with Crippen LogP contribution in [-0.2, 0) is 11.3 Å². The molecule has 0 aliphatic carbocycles. The molecule has 1 amide bonds. The molecule has 0 aromatic heterocycles. The highest BCUT2D eigenvalue weighted by atomic mass is 16.2. The number of hydrogen-bond acceptors (Lipinski definition) is 3. The van der Waals surface area contributed by atoms with Crippen molar-refractivity contribution in [3.63, 3.8) is 0 Å². The van der Waals surface area contributed by atoms with Crippen LogP contribution in [0.5, 0.6) is 0 Å². The first kappa shape index (κ1) is 14.0. The van der Waals surface area contributed by atoms with Crippen LogP contribution in [0.2, 0.25) is 0 Å². The van der Waals surface area contributed by atoms with Crippen LogP contribution >= 0.6 is 0 Å². The molecule has 4 nitrogen and oxygen atoms in total. The fraction of sp³-hybridized carbons (Fsp3) is 0.533. The molecule has 1 heterocycles. The SMILES string of the molecule is CC1CN(CC(=O)NCc2ccccc2)CCC1N. The summed E-state index contributed by atoms with van der Waals surface area (Å²) in [5.41, 5.74) is 7.11. The molecule has 1 saturated heterocycles. The van der Waals surface area contributed by atoms with E-state index in [1.165, 1.54) is 0 Å². The van der Waals surface area contributed by atoms with E-state index in [1.54, 1.807) is 0 Å². The third kappa shape index (κ3) is 4.33. The maximum atomic E-state index is 11.9. The predicted molar refractivity (Wildman–Crippen MR) is 76.5 cm³/mol. The zero-order valence-electron chi connectivity index (χ0n) is 11.5. The zero-order valence-corrected chi connectivity index (χ0v) is 11.5. The summed E-state index contributed by atoms with van der Waals surface area (Å²) in [6.45, 7) is 5.06. The number of carbonyl (C=O) groups excluding carboxylic acids is 1. The second-order valence-electron chi connectivity index (χ2n) is 5.43. The molecule has 104 valence electrons. The van der Waals surface area contributed by atoms with E-state index >= 15 is 0 Å². The molecule has 2 rings (SSSR count). The Labute approximate surface area is 115 Å². The van der Waals surface area contributed by atoms with Crippen LogP contribution in [0.4, 0.5) is 0 Å². The van der Waals surface area contributed by atoms with E-state index in [9.17, 15) is 4.79 Å². The molecule has 3 N–H and O–H groups in total. The Bertz CT molecular complexity index is 407. The highest BCUT2D eigenvalue weighted by Gasteiger charge is 2.24. The molecule has 4 heteroatoms. The van der Waals surface area contributed by atoms with Crippen molar-refractivity contribution in [3.05, 3.63) is 35.9 Å². The summed E-state index contributed by atoms with van der Waals surface area (Å²) in [5, 5.41) is 2.96. The van der Waals surface area contributed by atoms with E-state index in [0.717, 1.165) is 25.1 Å². The first-order valence-corrected chi connectivity index (χ1v) is 6.93. The average Bonchev–Trinajstić information content (AvgIpc) is 2.42. The topological polar surface area (TPSA) is 58.4 Å². The number of piperidine rings is 1. The minimum absolute atomic E-state index is 0.0894. The number of carbonyl (C=O) groups is 1. The zero-order chi connectivity index (χ0) is 13.7. The number of nitrogens with zero attached hydrogens (tertiary/aromatic N) is 1. The lowest BCUT2D eigenvalue weighted by Crippen LogP contribution is -2.48. The number of nitrogens with one attached hydrogen (secondary N) is 1. The summed E-state index contributed by atoms with van der Waals surface area (Å²) in [4.78, 5) is 14.1. The molecule has 1 aliphatic rings. The average molecular weight is 261 g/mol. The number of rotatable bonds is 4. The third-order valence-corrected chi connectivity index (χ3v) is 3.76. The maximum Gasteiger partial charge on any atom is 0.234 e. The quantitative estimate of drug-likeness (QED) is 0.849. The molecule has 1 aliphatic heterocycles. The summed E-state index contributed by atoms with van der Waals surface area (Å²) in [6.07, 6.45) is 0.979. The number of nitrogens with two attached hydrogens (primary N) is 1. The van der Waals surface area contributed by atoms with Gasteiger partial charge in [0.2, 0.25) is 5.91 Å². The van der Waals surface area contributed by atoms with Crippen molar-refractivity contribution in [2.24, 2.45) is 11.7 Å². The van der Waals surface area contributed by atoms with Crippen LogP contribution in [0.25, 0.3) is 0 Å². The van der Waals surface area contributed by atoms with Crippen LogP contribution < -0.4 is 11.1 Å². The number of hydrogen-bond donors (Lipinski definition) is 2. The standard InChI is InChI=1S/C15H23N3O/c1-12-10-18(8-7-14(12)16)11-15(19)17-9-13-5-3-2-4-6-13/h2-6,12,14H,7-11,16H2,1H3,(H,17,19). The molecule has 2 atom stereocenters. The number of amides is 1. The van der Waals surface area contributed by atoms with Crippen molar-refractivity contribution < 1.29 is 4.79 Å². The van der Waals surface area contributed by atoms with Gasteiger partial charge in [-0.2, -0.15) is 0 Å². The van der Waals surface area contributed by atoms with Gasteiger partial charge in [0, 0.05) is 25.7 Å². The van der Waals surface area contributed by atoms with Crippen molar-refractivity contribution >= 4 is 5.91 Å². The largest absolute Gasteiger partial charge is 0.351 e. The normalized spacial score (nSPS) is 24.1. The van der Waals surface area contributed by atoms with Gasteiger partial charge in [-0.05, 0) is 17.9 Å². The molecular formula is C15H23N3O. The van der Waals surface area contributed by atoms with Gasteiger partial charge >= 0.3 is 0 Å². The van der Waals surface area contributed by atoms with Crippen molar-refractivity contribution in [2.75, 3.05) is 19.6 Å². The van der Waals surface area contributed by atoms with Gasteiger partial charge in [0.05, 0.1) is 6.54 Å². The van der Waals surface area contributed by atoms with Crippen LogP contribution in [0.1, 0.15) is 18.9 Å². The van der Waals surface area contributed by atoms with Gasteiger partial charge in [0.1, 0.15) is 0 Å². The number of benzene rings is 1. The first-order valence-electron chi connectivity index (χ1n) is 6.93. The van der Waals surface area contributed by atoms with E-state index in [2.05, 4.69) is 17.1 Å². The van der Waals surface area contributed by atoms with Gasteiger partial charge in [0.25, 0.3) is 0 Å². The molecule has 2 unspecified atom stereocenters. The monoisotopic (exact) mass is 261 g/mol. The predicted octanol–water partition coefficient (Wildman–Crippen LogP) is 0.972. The Morgan fingerprint density at radius 3 is 2.84 bits per heavy atom. The Kier molecular flexibility index (Phi) is 4.93. The fourth-order valence-corrected chi connectivity index (χ4v) is 2.45. The Morgan fingerprint density at radius 1 is 1.42 bits per heavy atom. The molecule has 1 fully saturated rings. The molecule has 1 aromatic carbocycles. The second-order valence-corrected chi connectivity index (χ2v) is 5.43. The Balaban J connectivity index is 1.73. The smallest absolute Gasteiger partial charge is 0.234 e. The minimum atomic E-state index is 0.0894. The van der Waals surface area contributed by atoms with E-state index in [4.69, 9.17) is 5.73 Å². The van der Waals surface area contributed by atoms with Crippen LogP contribution in [0.3, 0.4) is 0 Å². The van der Waals surface area contributed by atoms with Crippen LogP contribution in [0, 0.1) is 5.92 Å². The van der Waals surface area contributed by atoms with E-state index in [-0.39, 0.29) is 11.9 Å². The summed E-state index contributed by atoms with van der Waals surface area (Å²) in [5.74, 6) is 0.558. The van der Waals surface area contributed by atoms with Gasteiger partial charge in [-0.15, -0.1) is 0 Å². The molecule has 0 saturated carbocycles. The van der Waals surface area contributed by atoms with Crippen molar-refractivity contribution in [1.29, 1.82) is 0 Å². The molecule has 19 heavy (non-hydrogen) atoms. The summed E-state index contributed by atoms with van der Waals surface area (Å²) in [7, 11) is 0. The highest BCUT2D eigenvalue weighted by Crippen LogP contribution is 2.14. The van der Waals surface area contributed by atoms with Crippen LogP contribution in [-0.4, -0.2) is 36.5 Å². The van der Waals surface area contributed by atoms with Gasteiger partial charge in [-0.1, -0.05) is 37.3 Å². The summed E-state index contributed by atoms with van der Waals surface area (Å²) in [6, 6.07) is 10.3. The molecule has 0 radical (unpaired) electrons. The maximum absolute atomic E-state index is 11.9. The van der Waals surface area contributed by atoms with Crippen molar-refractivity contribution in [1.82, 2.24) is 10.2 Å². The van der Waals surface area contributed by atoms with Gasteiger partial charge in [-0.3, -0.25) is 9.69 Å². The van der Waals surface area contributed by atoms with Gasteiger partial charge in [0.15, 0.2) is 0 Å². The Morgan fingerprint density at radius 2 is 2.16 bits per heavy atom. The van der Waals surface area contributed by atoms with E-state index in [0.29, 0.717) is 19.0 Å². The second kappa shape index (κ2) is 6.68. The molecule has 0 bridgehead atoms. The van der Waals surface area contributed by atoms with Gasteiger partial charge in [-0.25, -0.2) is 0 Å². The van der Waals surface area contributed by atoms with Crippen LogP contribution in [0.15, 0.2) is 30.3 Å². The fourth-order valence-electron chi connectivity index (χ4n) is 2.45. The molecular weight excluding hydrogens is 238 g/mol.